The second-order valence-electron chi connectivity index (χ2n) is 6.61. The molecule has 0 aliphatic carbocycles. The maximum Gasteiger partial charge on any atom is 0.0900 e. The number of hydrogen-bond acceptors (Lipinski definition) is 5. The molecule has 0 aromatic heterocycles. The van der Waals surface area contributed by atoms with Crippen LogP contribution in [-0.4, -0.2) is 61.7 Å². The smallest absolute Gasteiger partial charge is 0.0900 e. The van der Waals surface area contributed by atoms with Gasteiger partial charge < -0.3 is 14.7 Å². The van der Waals surface area contributed by atoms with E-state index in [0.29, 0.717) is 19.8 Å². The molecule has 0 amide bonds. The molecular weight excluding hydrogens is 344 g/mol. The number of rotatable bonds is 8. The lowest BCUT2D eigenvalue weighted by atomic mass is 10.2. The summed E-state index contributed by atoms with van der Waals surface area (Å²) in [6.45, 7) is 5.54. The van der Waals surface area contributed by atoms with Crippen molar-refractivity contribution in [2.45, 2.75) is 17.6 Å². The van der Waals surface area contributed by atoms with Crippen LogP contribution < -0.4 is 4.90 Å². The maximum absolute atomic E-state index is 10.3. The lowest BCUT2D eigenvalue weighted by Crippen LogP contribution is -2.49. The summed E-state index contributed by atoms with van der Waals surface area (Å²) in [7, 11) is 0. The van der Waals surface area contributed by atoms with Gasteiger partial charge in [-0.15, -0.1) is 11.8 Å². The first-order valence-electron chi connectivity index (χ1n) is 9.16. The first kappa shape index (κ1) is 19.2. The fourth-order valence-corrected chi connectivity index (χ4v) is 3.92. The van der Waals surface area contributed by atoms with E-state index in [9.17, 15) is 5.11 Å². The summed E-state index contributed by atoms with van der Waals surface area (Å²) in [6, 6.07) is 18.7. The van der Waals surface area contributed by atoms with E-state index in [1.54, 1.807) is 11.8 Å². The van der Waals surface area contributed by atoms with Crippen LogP contribution in [-0.2, 0) is 11.3 Å². The van der Waals surface area contributed by atoms with Gasteiger partial charge in [0, 0.05) is 37.6 Å². The van der Waals surface area contributed by atoms with Crippen molar-refractivity contribution in [3.8, 4) is 0 Å². The highest BCUT2D eigenvalue weighted by atomic mass is 32.2. The van der Waals surface area contributed by atoms with Crippen molar-refractivity contribution >= 4 is 17.4 Å². The van der Waals surface area contributed by atoms with Gasteiger partial charge in [0.1, 0.15) is 0 Å². The fraction of sp³-hybridized carbons (Fsp3) is 0.429. The number of hydrogen-bond donors (Lipinski definition) is 1. The highest BCUT2D eigenvalue weighted by molar-refractivity contribution is 7.98. The van der Waals surface area contributed by atoms with Crippen molar-refractivity contribution in [3.05, 3.63) is 60.2 Å². The summed E-state index contributed by atoms with van der Waals surface area (Å²) in [5.41, 5.74) is 2.46. The quantitative estimate of drug-likeness (QED) is 0.721. The minimum absolute atomic E-state index is 0.379. The largest absolute Gasteiger partial charge is 0.389 e. The first-order chi connectivity index (χ1) is 12.8. The molecule has 1 saturated heterocycles. The molecule has 2 aromatic rings. The van der Waals surface area contributed by atoms with Gasteiger partial charge in [-0.3, -0.25) is 4.90 Å². The molecule has 26 heavy (non-hydrogen) atoms. The maximum atomic E-state index is 10.3. The van der Waals surface area contributed by atoms with Crippen molar-refractivity contribution in [2.75, 3.05) is 50.5 Å². The van der Waals surface area contributed by atoms with E-state index in [0.717, 1.165) is 31.7 Å². The van der Waals surface area contributed by atoms with Crippen molar-refractivity contribution < 1.29 is 9.84 Å². The second-order valence-corrected chi connectivity index (χ2v) is 7.46. The molecular formula is C21H28N2O2S. The molecule has 0 bridgehead atoms. The third kappa shape index (κ3) is 5.48. The Kier molecular flexibility index (Phi) is 7.38. The van der Waals surface area contributed by atoms with E-state index in [2.05, 4.69) is 40.3 Å². The molecule has 2 aromatic carbocycles. The van der Waals surface area contributed by atoms with Gasteiger partial charge in [0.15, 0.2) is 0 Å². The highest BCUT2D eigenvalue weighted by Crippen LogP contribution is 2.28. The van der Waals surface area contributed by atoms with Gasteiger partial charge in [-0.2, -0.15) is 0 Å². The number of para-hydroxylation sites is 1. The van der Waals surface area contributed by atoms with Gasteiger partial charge in [-0.1, -0.05) is 42.5 Å². The van der Waals surface area contributed by atoms with Crippen molar-refractivity contribution in [1.82, 2.24) is 4.90 Å². The minimum atomic E-state index is -0.441. The molecule has 1 atom stereocenters. The molecule has 1 unspecified atom stereocenters. The monoisotopic (exact) mass is 372 g/mol. The lowest BCUT2D eigenvalue weighted by Gasteiger charge is -2.37. The Labute approximate surface area is 160 Å². The van der Waals surface area contributed by atoms with Gasteiger partial charge in [0.05, 0.1) is 25.0 Å². The molecule has 1 fully saturated rings. The van der Waals surface area contributed by atoms with Gasteiger partial charge in [0.25, 0.3) is 0 Å². The van der Waals surface area contributed by atoms with Gasteiger partial charge >= 0.3 is 0 Å². The first-order valence-corrected chi connectivity index (χ1v) is 10.4. The lowest BCUT2D eigenvalue weighted by molar-refractivity contribution is 0.00913. The molecule has 5 heteroatoms. The number of piperazine rings is 1. The minimum Gasteiger partial charge on any atom is -0.389 e. The van der Waals surface area contributed by atoms with Crippen LogP contribution in [0, 0.1) is 0 Å². The zero-order valence-corrected chi connectivity index (χ0v) is 16.2. The molecule has 0 saturated carbocycles. The van der Waals surface area contributed by atoms with Gasteiger partial charge in [-0.25, -0.2) is 0 Å². The number of ether oxygens (including phenoxy) is 1. The van der Waals surface area contributed by atoms with Crippen LogP contribution in [0.5, 0.6) is 0 Å². The molecule has 0 spiro atoms. The highest BCUT2D eigenvalue weighted by Gasteiger charge is 2.20. The Morgan fingerprint density at radius 1 is 1.00 bits per heavy atom. The summed E-state index contributed by atoms with van der Waals surface area (Å²) in [6.07, 6.45) is 1.68. The van der Waals surface area contributed by atoms with Gasteiger partial charge in [-0.05, 0) is 24.0 Å². The summed E-state index contributed by atoms with van der Waals surface area (Å²) < 4.78 is 5.65. The van der Waals surface area contributed by atoms with Crippen molar-refractivity contribution in [2.24, 2.45) is 0 Å². The standard InChI is InChI=1S/C21H28N2O2S/c1-26-21-10-6-5-9-20(21)23-13-11-22(12-14-23)15-19(24)17-25-16-18-7-3-2-4-8-18/h2-10,19,24H,11-17H2,1H3. The molecule has 1 N–H and O–H groups in total. The Morgan fingerprint density at radius 2 is 1.69 bits per heavy atom. The molecule has 0 radical (unpaired) electrons. The van der Waals surface area contributed by atoms with Crippen LogP contribution in [0.3, 0.4) is 0 Å². The Bertz CT molecular complexity index is 660. The Balaban J connectivity index is 1.39. The van der Waals surface area contributed by atoms with Crippen LogP contribution in [0.15, 0.2) is 59.5 Å². The zero-order valence-electron chi connectivity index (χ0n) is 15.4. The predicted molar refractivity (Wildman–Crippen MR) is 109 cm³/mol. The molecule has 3 rings (SSSR count). The van der Waals surface area contributed by atoms with Gasteiger partial charge in [0.2, 0.25) is 0 Å². The fourth-order valence-electron chi connectivity index (χ4n) is 3.30. The number of aliphatic hydroxyl groups excluding tert-OH is 1. The number of benzene rings is 2. The third-order valence-electron chi connectivity index (χ3n) is 4.69. The van der Waals surface area contributed by atoms with Crippen LogP contribution in [0.1, 0.15) is 5.56 Å². The summed E-state index contributed by atoms with van der Waals surface area (Å²) in [5, 5.41) is 10.3. The van der Waals surface area contributed by atoms with E-state index in [1.165, 1.54) is 10.6 Å². The molecule has 1 aliphatic heterocycles. The van der Waals surface area contributed by atoms with E-state index in [4.69, 9.17) is 4.74 Å². The molecule has 4 nitrogen and oxygen atoms in total. The summed E-state index contributed by atoms with van der Waals surface area (Å²) in [4.78, 5) is 6.10. The predicted octanol–water partition coefficient (Wildman–Crippen LogP) is 3.11. The molecule has 140 valence electrons. The van der Waals surface area contributed by atoms with E-state index in [1.807, 2.05) is 30.3 Å². The van der Waals surface area contributed by atoms with E-state index >= 15 is 0 Å². The number of nitrogens with zero attached hydrogens (tertiary/aromatic N) is 2. The second kappa shape index (κ2) is 9.97. The normalized spacial score (nSPS) is 16.6. The molecule has 1 aliphatic rings. The van der Waals surface area contributed by atoms with E-state index < -0.39 is 6.10 Å². The van der Waals surface area contributed by atoms with Crippen LogP contribution in [0.25, 0.3) is 0 Å². The van der Waals surface area contributed by atoms with Crippen LogP contribution >= 0.6 is 11.8 Å². The van der Waals surface area contributed by atoms with E-state index in [-0.39, 0.29) is 0 Å². The number of anilines is 1. The number of aliphatic hydroxyl groups is 1. The van der Waals surface area contributed by atoms with Crippen molar-refractivity contribution in [1.29, 1.82) is 0 Å². The average Bonchev–Trinajstić information content (AvgIpc) is 2.69. The van der Waals surface area contributed by atoms with Crippen LogP contribution in [0.4, 0.5) is 5.69 Å². The topological polar surface area (TPSA) is 35.9 Å². The number of thioether (sulfide) groups is 1. The van der Waals surface area contributed by atoms with Crippen molar-refractivity contribution in [3.63, 3.8) is 0 Å². The van der Waals surface area contributed by atoms with Crippen LogP contribution in [0.2, 0.25) is 0 Å². The third-order valence-corrected chi connectivity index (χ3v) is 5.47. The Morgan fingerprint density at radius 3 is 2.42 bits per heavy atom. The summed E-state index contributed by atoms with van der Waals surface area (Å²) >= 11 is 1.80. The number of β-amino-alcohol motifs (C(OH)–C–C–N with tert-alkyl or cyclic N) is 1. The molecule has 1 heterocycles. The Hall–Kier alpha value is -1.53. The zero-order chi connectivity index (χ0) is 18.2. The SMILES string of the molecule is CSc1ccccc1N1CCN(CC(O)COCc2ccccc2)CC1. The average molecular weight is 373 g/mol. The summed E-state index contributed by atoms with van der Waals surface area (Å²) in [5.74, 6) is 0.